The first kappa shape index (κ1) is 29.6. The molecule has 0 aliphatic rings. The molecule has 0 heterocycles. The molecule has 3 aromatic carbocycles. The van der Waals surface area contributed by atoms with Gasteiger partial charge in [-0.3, -0.25) is 13.9 Å². The molecule has 39 heavy (non-hydrogen) atoms. The average Bonchev–Trinajstić information content (AvgIpc) is 2.94. The van der Waals surface area contributed by atoms with Gasteiger partial charge in [-0.1, -0.05) is 56.3 Å². The number of carbonyl (C=O) groups excluding carboxylic acids is 2. The van der Waals surface area contributed by atoms with E-state index in [1.165, 1.54) is 48.4 Å². The smallest absolute Gasteiger partial charge is 0.264 e. The van der Waals surface area contributed by atoms with Crippen molar-refractivity contribution in [2.24, 2.45) is 5.92 Å². The van der Waals surface area contributed by atoms with E-state index in [0.717, 1.165) is 4.31 Å². The van der Waals surface area contributed by atoms with Crippen LogP contribution >= 0.6 is 0 Å². The van der Waals surface area contributed by atoms with Crippen LogP contribution in [0.1, 0.15) is 26.3 Å². The van der Waals surface area contributed by atoms with Crippen LogP contribution in [0.3, 0.4) is 0 Å². The number of carbonyl (C=O) groups is 2. The van der Waals surface area contributed by atoms with Crippen molar-refractivity contribution in [2.75, 3.05) is 24.5 Å². The van der Waals surface area contributed by atoms with E-state index in [0.29, 0.717) is 12.1 Å². The quantitative estimate of drug-likeness (QED) is 0.361. The van der Waals surface area contributed by atoms with Crippen molar-refractivity contribution in [1.82, 2.24) is 10.2 Å². The predicted octanol–water partition coefficient (Wildman–Crippen LogP) is 4.22. The Kier molecular flexibility index (Phi) is 10.1. The van der Waals surface area contributed by atoms with E-state index in [4.69, 9.17) is 4.74 Å². The number of benzene rings is 3. The van der Waals surface area contributed by atoms with Crippen molar-refractivity contribution in [3.05, 3.63) is 90.2 Å². The van der Waals surface area contributed by atoms with Gasteiger partial charge in [-0.25, -0.2) is 12.8 Å². The van der Waals surface area contributed by atoms with Crippen LogP contribution in [-0.4, -0.2) is 51.4 Å². The summed E-state index contributed by atoms with van der Waals surface area (Å²) in [7, 11) is -2.79. The van der Waals surface area contributed by atoms with Crippen LogP contribution in [0.5, 0.6) is 5.75 Å². The second-order valence-electron chi connectivity index (χ2n) is 9.46. The van der Waals surface area contributed by atoms with Gasteiger partial charge in [-0.15, -0.1) is 0 Å². The fourth-order valence-electron chi connectivity index (χ4n) is 3.89. The summed E-state index contributed by atoms with van der Waals surface area (Å²) in [5.41, 5.74) is 0.763. The number of rotatable bonds is 12. The average molecular weight is 556 g/mol. The van der Waals surface area contributed by atoms with Gasteiger partial charge >= 0.3 is 0 Å². The molecule has 0 radical (unpaired) electrons. The maximum absolute atomic E-state index is 13.9. The molecule has 1 N–H and O–H groups in total. The van der Waals surface area contributed by atoms with Crippen LogP contribution in [0, 0.1) is 11.7 Å². The molecule has 3 aromatic rings. The molecule has 10 heteroatoms. The Morgan fingerprint density at radius 3 is 2.15 bits per heavy atom. The predicted molar refractivity (Wildman–Crippen MR) is 148 cm³/mol. The molecule has 0 bridgehead atoms. The van der Waals surface area contributed by atoms with Crippen LogP contribution in [0.15, 0.2) is 83.8 Å². The van der Waals surface area contributed by atoms with E-state index in [1.54, 1.807) is 49.4 Å². The van der Waals surface area contributed by atoms with Crippen LogP contribution in [0.2, 0.25) is 0 Å². The monoisotopic (exact) mass is 555 g/mol. The van der Waals surface area contributed by atoms with Gasteiger partial charge in [0.2, 0.25) is 11.8 Å². The number of halogens is 1. The zero-order valence-corrected chi connectivity index (χ0v) is 23.3. The Balaban J connectivity index is 2.03. The van der Waals surface area contributed by atoms with Crippen molar-refractivity contribution in [3.63, 3.8) is 0 Å². The molecule has 208 valence electrons. The molecular weight excluding hydrogens is 521 g/mol. The number of amides is 2. The third-order valence-electron chi connectivity index (χ3n) is 6.08. The molecule has 0 saturated carbocycles. The first-order valence-corrected chi connectivity index (χ1v) is 14.0. The Hall–Kier alpha value is -3.92. The summed E-state index contributed by atoms with van der Waals surface area (Å²) in [5.74, 6) is -0.974. The lowest BCUT2D eigenvalue weighted by atomic mass is 10.1. The van der Waals surface area contributed by atoms with Crippen molar-refractivity contribution in [1.29, 1.82) is 0 Å². The minimum absolute atomic E-state index is 0.00323. The summed E-state index contributed by atoms with van der Waals surface area (Å²) in [4.78, 5) is 28.2. The molecule has 0 spiro atoms. The van der Waals surface area contributed by atoms with Gasteiger partial charge in [-0.2, -0.15) is 0 Å². The number of sulfonamides is 1. The highest BCUT2D eigenvalue weighted by atomic mass is 32.2. The highest BCUT2D eigenvalue weighted by Gasteiger charge is 2.33. The van der Waals surface area contributed by atoms with Crippen LogP contribution in [0.4, 0.5) is 10.1 Å². The summed E-state index contributed by atoms with van der Waals surface area (Å²) < 4.78 is 47.6. The maximum Gasteiger partial charge on any atom is 0.264 e. The number of hydrogen-bond acceptors (Lipinski definition) is 5. The topological polar surface area (TPSA) is 96.0 Å². The Morgan fingerprint density at radius 1 is 0.923 bits per heavy atom. The van der Waals surface area contributed by atoms with Crippen molar-refractivity contribution in [2.45, 2.75) is 38.3 Å². The van der Waals surface area contributed by atoms with Crippen LogP contribution in [0.25, 0.3) is 0 Å². The minimum Gasteiger partial charge on any atom is -0.495 e. The molecule has 0 aliphatic carbocycles. The van der Waals surface area contributed by atoms with E-state index < -0.39 is 34.3 Å². The first-order valence-electron chi connectivity index (χ1n) is 12.6. The Bertz CT molecular complexity index is 1370. The van der Waals surface area contributed by atoms with E-state index in [9.17, 15) is 22.4 Å². The van der Waals surface area contributed by atoms with E-state index in [-0.39, 0.29) is 34.7 Å². The molecule has 0 unspecified atom stereocenters. The number of para-hydroxylation sites is 2. The van der Waals surface area contributed by atoms with E-state index >= 15 is 0 Å². The van der Waals surface area contributed by atoms with E-state index in [1.807, 2.05) is 13.8 Å². The van der Waals surface area contributed by atoms with Gasteiger partial charge in [0.15, 0.2) is 0 Å². The summed E-state index contributed by atoms with van der Waals surface area (Å²) in [5, 5.41) is 2.83. The number of anilines is 1. The van der Waals surface area contributed by atoms with Gasteiger partial charge in [-0.05, 0) is 54.8 Å². The fraction of sp³-hybridized carbons (Fsp3) is 0.310. The van der Waals surface area contributed by atoms with E-state index in [2.05, 4.69) is 5.32 Å². The number of hydrogen-bond donors (Lipinski definition) is 1. The molecule has 0 saturated heterocycles. The van der Waals surface area contributed by atoms with Crippen molar-refractivity contribution < 1.29 is 27.1 Å². The molecule has 3 rings (SSSR count). The van der Waals surface area contributed by atoms with Gasteiger partial charge in [0, 0.05) is 13.1 Å². The summed E-state index contributed by atoms with van der Waals surface area (Å²) in [6, 6.07) is 18.9. The van der Waals surface area contributed by atoms with Gasteiger partial charge in [0.25, 0.3) is 10.0 Å². The summed E-state index contributed by atoms with van der Waals surface area (Å²) >= 11 is 0. The molecule has 0 aliphatic heterocycles. The molecule has 0 aromatic heterocycles. The lowest BCUT2D eigenvalue weighted by molar-refractivity contribution is -0.139. The number of methoxy groups -OCH3 is 1. The zero-order chi connectivity index (χ0) is 28.6. The highest BCUT2D eigenvalue weighted by molar-refractivity contribution is 7.92. The standard InChI is InChI=1S/C29H34FN3O5S/c1-21(2)18-31-29(35)22(3)32(19-23-14-16-24(30)17-15-23)28(34)20-33(26-12-8-9-13-27(26)38-4)39(36,37)25-10-6-5-7-11-25/h5-17,21-22H,18-20H2,1-4H3,(H,31,35)/t22-/m0/s1. The molecule has 8 nitrogen and oxygen atoms in total. The van der Waals surface area contributed by atoms with Crippen molar-refractivity contribution >= 4 is 27.5 Å². The van der Waals surface area contributed by atoms with Crippen molar-refractivity contribution in [3.8, 4) is 5.75 Å². The molecule has 1 atom stereocenters. The van der Waals surface area contributed by atoms with Crippen LogP contribution < -0.4 is 14.4 Å². The lowest BCUT2D eigenvalue weighted by Crippen LogP contribution is -2.51. The van der Waals surface area contributed by atoms with Crippen LogP contribution in [-0.2, 0) is 26.2 Å². The summed E-state index contributed by atoms with van der Waals surface area (Å²) in [6.07, 6.45) is 0. The summed E-state index contributed by atoms with van der Waals surface area (Å²) in [6.45, 7) is 5.27. The Morgan fingerprint density at radius 2 is 1.54 bits per heavy atom. The second kappa shape index (κ2) is 13.2. The lowest BCUT2D eigenvalue weighted by Gasteiger charge is -2.32. The molecule has 0 fully saturated rings. The highest BCUT2D eigenvalue weighted by Crippen LogP contribution is 2.32. The molecular formula is C29H34FN3O5S. The van der Waals surface area contributed by atoms with Gasteiger partial charge < -0.3 is 15.0 Å². The number of nitrogens with one attached hydrogen (secondary N) is 1. The molecule has 2 amide bonds. The minimum atomic E-state index is -4.21. The maximum atomic E-state index is 13.9. The largest absolute Gasteiger partial charge is 0.495 e. The van der Waals surface area contributed by atoms with Gasteiger partial charge in [0.1, 0.15) is 24.2 Å². The second-order valence-corrected chi connectivity index (χ2v) is 11.3. The first-order chi connectivity index (χ1) is 18.5. The third kappa shape index (κ3) is 7.57. The van der Waals surface area contributed by atoms with Gasteiger partial charge in [0.05, 0.1) is 17.7 Å². The number of nitrogens with zero attached hydrogens (tertiary/aromatic N) is 2. The number of ether oxygens (including phenoxy) is 1. The zero-order valence-electron chi connectivity index (χ0n) is 22.5. The SMILES string of the molecule is COc1ccccc1N(CC(=O)N(Cc1ccc(F)cc1)[C@@H](C)C(=O)NCC(C)C)S(=O)(=O)c1ccccc1. The fourth-order valence-corrected chi connectivity index (χ4v) is 5.34. The normalized spacial score (nSPS) is 12.1. The third-order valence-corrected chi connectivity index (χ3v) is 7.86. The Labute approximate surface area is 229 Å².